The molecule has 4 aliphatic carbocycles. The zero-order valence-corrected chi connectivity index (χ0v) is 39.3. The molecular weight excluding hydrogens is 845 g/mol. The Bertz CT molecular complexity index is 3730. The first-order valence-electron chi connectivity index (χ1n) is 25.7. The number of hydrogen-bond donors (Lipinski definition) is 0. The third-order valence-electron chi connectivity index (χ3n) is 17.2. The van der Waals surface area contributed by atoms with E-state index in [9.17, 15) is 0 Å². The third kappa shape index (κ3) is 5.80. The second kappa shape index (κ2) is 15.3. The molecule has 0 amide bonds. The van der Waals surface area contributed by atoms with E-state index in [0.717, 1.165) is 0 Å². The van der Waals surface area contributed by atoms with E-state index in [1.54, 1.807) is 22.3 Å². The van der Waals surface area contributed by atoms with Gasteiger partial charge in [0.15, 0.2) is 0 Å². The first-order chi connectivity index (χ1) is 34.6. The first-order valence-corrected chi connectivity index (χ1v) is 25.7. The van der Waals surface area contributed by atoms with Gasteiger partial charge in [-0.2, -0.15) is 0 Å². The summed E-state index contributed by atoms with van der Waals surface area (Å²) in [4.78, 5) is 0. The van der Waals surface area contributed by atoms with Crippen LogP contribution in [0.25, 0.3) is 102 Å². The van der Waals surface area contributed by atoms with Crippen LogP contribution >= 0.6 is 0 Å². The molecule has 11 aromatic rings. The van der Waals surface area contributed by atoms with Crippen LogP contribution in [0.5, 0.6) is 0 Å². The van der Waals surface area contributed by atoms with Crippen LogP contribution in [0.15, 0.2) is 194 Å². The summed E-state index contributed by atoms with van der Waals surface area (Å²) in [5.41, 5.74) is 24.7. The number of fused-ring (bicyclic) bond motifs is 16. The minimum absolute atomic E-state index is 0.0739. The highest BCUT2D eigenvalue weighted by atomic mass is 15.0. The Kier molecular flexibility index (Phi) is 8.73. The minimum Gasteiger partial charge on any atom is -0.309 e. The summed E-state index contributed by atoms with van der Waals surface area (Å²) < 4.78 is 4.79. The van der Waals surface area contributed by atoms with Crippen LogP contribution in [0.1, 0.15) is 95.9 Å². The van der Waals surface area contributed by atoms with Crippen LogP contribution in [-0.4, -0.2) is 9.13 Å². The predicted octanol–water partition coefficient (Wildman–Crippen LogP) is 17.9. The first kappa shape index (κ1) is 40.0. The summed E-state index contributed by atoms with van der Waals surface area (Å²) in [6, 6.07) is 73.2. The Labute approximate surface area is 409 Å². The molecule has 2 spiro atoms. The maximum absolute atomic E-state index is 2.69. The summed E-state index contributed by atoms with van der Waals surface area (Å²) in [6.45, 7) is 0. The molecule has 2 aromatic heterocycles. The van der Waals surface area contributed by atoms with Gasteiger partial charge in [-0.15, -0.1) is 0 Å². The predicted molar refractivity (Wildman–Crippen MR) is 295 cm³/mol. The van der Waals surface area contributed by atoms with E-state index in [-0.39, 0.29) is 10.8 Å². The smallest absolute Gasteiger partial charge is 0.0541 e. The van der Waals surface area contributed by atoms with E-state index in [4.69, 9.17) is 0 Å². The van der Waals surface area contributed by atoms with Gasteiger partial charge in [0, 0.05) is 43.7 Å². The van der Waals surface area contributed by atoms with Gasteiger partial charge in [0.05, 0.1) is 22.1 Å². The second-order valence-electron chi connectivity index (χ2n) is 20.7. The monoisotopic (exact) mass is 896 g/mol. The highest BCUT2D eigenvalue weighted by Gasteiger charge is 2.50. The molecule has 0 unspecified atom stereocenters. The Hall–Kier alpha value is -7.94. The third-order valence-corrected chi connectivity index (χ3v) is 17.2. The zero-order valence-electron chi connectivity index (χ0n) is 39.3. The summed E-state index contributed by atoms with van der Waals surface area (Å²) in [7, 11) is 0. The maximum Gasteiger partial charge on any atom is 0.0541 e. The number of rotatable bonds is 6. The summed E-state index contributed by atoms with van der Waals surface area (Å²) in [5, 5.41) is 5.15. The summed E-state index contributed by atoms with van der Waals surface area (Å²) in [5.74, 6) is 0. The van der Waals surface area contributed by atoms with E-state index in [1.165, 1.54) is 151 Å². The van der Waals surface area contributed by atoms with Crippen molar-refractivity contribution in [3.05, 3.63) is 239 Å². The SMILES string of the molecule is C(=C\c1ccc2c(c1)c1ccccc1n2-c1ccccc1)/c1ccc2c(c1)C1(CCCC1)c1cc3c(cc1-2)C1(CCCC1)c1cc(/C=C/c2ccc4c(c2)c2ccccc2n4-c2ccccc2)ccc1-3. The van der Waals surface area contributed by atoms with Crippen molar-refractivity contribution in [1.82, 2.24) is 9.13 Å². The maximum atomic E-state index is 2.69. The molecule has 0 saturated heterocycles. The van der Waals surface area contributed by atoms with Gasteiger partial charge in [-0.1, -0.05) is 171 Å². The largest absolute Gasteiger partial charge is 0.309 e. The molecule has 2 nitrogen and oxygen atoms in total. The zero-order chi connectivity index (χ0) is 46.0. The van der Waals surface area contributed by atoms with E-state index >= 15 is 0 Å². The molecule has 0 bridgehead atoms. The number of nitrogens with zero attached hydrogens (tertiary/aromatic N) is 2. The Morgan fingerprint density at radius 1 is 0.286 bits per heavy atom. The Morgan fingerprint density at radius 3 is 1.06 bits per heavy atom. The van der Waals surface area contributed by atoms with Crippen LogP contribution in [0.2, 0.25) is 0 Å². The molecular formula is C68H52N2. The number of benzene rings is 9. The van der Waals surface area contributed by atoms with Crippen molar-refractivity contribution in [3.8, 4) is 33.6 Å². The minimum atomic E-state index is 0.0739. The van der Waals surface area contributed by atoms with Gasteiger partial charge >= 0.3 is 0 Å². The summed E-state index contributed by atoms with van der Waals surface area (Å²) in [6.07, 6.45) is 19.4. The van der Waals surface area contributed by atoms with Crippen molar-refractivity contribution < 1.29 is 0 Å². The molecule has 0 aliphatic heterocycles. The molecule has 2 heterocycles. The lowest BCUT2D eigenvalue weighted by molar-refractivity contribution is 0.543. The fourth-order valence-electron chi connectivity index (χ4n) is 14.0. The number of para-hydroxylation sites is 4. The lowest BCUT2D eigenvalue weighted by Gasteiger charge is -2.29. The van der Waals surface area contributed by atoms with E-state index < -0.39 is 0 Å². The molecule has 2 fully saturated rings. The van der Waals surface area contributed by atoms with Crippen molar-refractivity contribution >= 4 is 67.9 Å². The molecule has 70 heavy (non-hydrogen) atoms. The van der Waals surface area contributed by atoms with Crippen molar-refractivity contribution in [1.29, 1.82) is 0 Å². The molecule has 9 aromatic carbocycles. The van der Waals surface area contributed by atoms with Crippen LogP contribution in [-0.2, 0) is 10.8 Å². The van der Waals surface area contributed by atoms with Crippen LogP contribution < -0.4 is 0 Å². The van der Waals surface area contributed by atoms with Gasteiger partial charge in [0.1, 0.15) is 0 Å². The van der Waals surface area contributed by atoms with Gasteiger partial charge in [-0.25, -0.2) is 0 Å². The van der Waals surface area contributed by atoms with Crippen LogP contribution in [0.3, 0.4) is 0 Å². The fourth-order valence-corrected chi connectivity index (χ4v) is 14.0. The summed E-state index contributed by atoms with van der Waals surface area (Å²) >= 11 is 0. The number of aromatic nitrogens is 2. The van der Waals surface area contributed by atoms with Crippen molar-refractivity contribution in [2.24, 2.45) is 0 Å². The average molecular weight is 897 g/mol. The molecule has 2 saturated carbocycles. The highest BCUT2D eigenvalue weighted by molar-refractivity contribution is 6.11. The van der Waals surface area contributed by atoms with Gasteiger partial charge in [-0.3, -0.25) is 0 Å². The van der Waals surface area contributed by atoms with E-state index in [2.05, 4.69) is 228 Å². The van der Waals surface area contributed by atoms with Crippen LogP contribution in [0.4, 0.5) is 0 Å². The van der Waals surface area contributed by atoms with Crippen molar-refractivity contribution in [2.45, 2.75) is 62.2 Å². The van der Waals surface area contributed by atoms with Gasteiger partial charge in [0.25, 0.3) is 0 Å². The molecule has 0 radical (unpaired) electrons. The van der Waals surface area contributed by atoms with Gasteiger partial charge in [0.2, 0.25) is 0 Å². The molecule has 334 valence electrons. The standard InChI is InChI=1S/C68H52N2/c1-3-15-49(16-4-1)69-63-21-9-7-19-53(63)57-39-45(29-33-65(57)69)23-25-47-27-31-51-55-43-62-56(44-61(55)67(59(51)41-47)35-11-12-36-67)52-32-28-48(42-60(52)68(62)37-13-14-38-68)26-24-46-30-34-66-58(40-46)54-20-8-10-22-64(54)70(66)50-17-5-2-6-18-50/h1-10,15-34,39-44H,11-14,35-38H2/b25-23+,26-24+. The normalized spacial score (nSPS) is 16.2. The van der Waals surface area contributed by atoms with Crippen molar-refractivity contribution in [3.63, 3.8) is 0 Å². The Morgan fingerprint density at radius 2 is 0.629 bits per heavy atom. The van der Waals surface area contributed by atoms with Gasteiger partial charge < -0.3 is 9.13 Å². The molecule has 2 heteroatoms. The highest BCUT2D eigenvalue weighted by Crippen LogP contribution is 2.63. The fraction of sp³-hybridized carbons (Fsp3) is 0.147. The molecule has 0 atom stereocenters. The van der Waals surface area contributed by atoms with E-state index in [0.29, 0.717) is 0 Å². The van der Waals surface area contributed by atoms with Gasteiger partial charge in [-0.05, 0) is 165 Å². The van der Waals surface area contributed by atoms with E-state index in [1.807, 2.05) is 0 Å². The lowest BCUT2D eigenvalue weighted by Crippen LogP contribution is -2.22. The number of hydrogen-bond acceptors (Lipinski definition) is 0. The second-order valence-corrected chi connectivity index (χ2v) is 20.7. The average Bonchev–Trinajstić information content (AvgIpc) is 4.29. The topological polar surface area (TPSA) is 9.86 Å². The molecule has 15 rings (SSSR count). The quantitative estimate of drug-likeness (QED) is 0.147. The van der Waals surface area contributed by atoms with Crippen molar-refractivity contribution in [2.75, 3.05) is 0 Å². The molecule has 4 aliphatic rings. The Balaban J connectivity index is 0.769. The lowest BCUT2D eigenvalue weighted by atomic mass is 9.74. The van der Waals surface area contributed by atoms with Crippen LogP contribution in [0, 0.1) is 0 Å². The molecule has 0 N–H and O–H groups in total.